The van der Waals surface area contributed by atoms with Crippen LogP contribution in [0.5, 0.6) is 0 Å². The van der Waals surface area contributed by atoms with E-state index in [2.05, 4.69) is 10.2 Å². The Kier molecular flexibility index (Phi) is 7.04. The zero-order valence-corrected chi connectivity index (χ0v) is 15.9. The van der Waals surface area contributed by atoms with Crippen LogP contribution in [-0.2, 0) is 9.53 Å². The van der Waals surface area contributed by atoms with Crippen molar-refractivity contribution in [2.45, 2.75) is 52.7 Å². The van der Waals surface area contributed by atoms with Gasteiger partial charge in [-0.2, -0.15) is 0 Å². The number of likely N-dealkylation sites (N-methyl/N-ethyl adjacent to an activating group) is 1. The van der Waals surface area contributed by atoms with Gasteiger partial charge in [-0.3, -0.25) is 9.69 Å². The number of nitrogens with one attached hydrogen (secondary N) is 1. The number of nitrogens with zero attached hydrogens (tertiary/aromatic N) is 2. The molecule has 7 nitrogen and oxygen atoms in total. The van der Waals surface area contributed by atoms with Gasteiger partial charge in [0.05, 0.1) is 6.42 Å². The zero-order valence-electron chi connectivity index (χ0n) is 15.9. The molecule has 140 valence electrons. The van der Waals surface area contributed by atoms with Gasteiger partial charge in [0.1, 0.15) is 5.60 Å². The summed E-state index contributed by atoms with van der Waals surface area (Å²) in [4.78, 5) is 27.1. The lowest BCUT2D eigenvalue weighted by molar-refractivity contribution is -0.139. The maximum Gasteiger partial charge on any atom is 0.410 e. The number of piperazine rings is 1. The molecule has 0 radical (unpaired) electrons. The number of ether oxygens (including phenoxy) is 1. The minimum absolute atomic E-state index is 0.130. The molecule has 2 N–H and O–H groups in total. The van der Waals surface area contributed by atoms with Crippen LogP contribution in [0.15, 0.2) is 0 Å². The van der Waals surface area contributed by atoms with Crippen LogP contribution in [0.2, 0.25) is 0 Å². The summed E-state index contributed by atoms with van der Waals surface area (Å²) in [5.74, 6) is -0.785. The van der Waals surface area contributed by atoms with E-state index < -0.39 is 11.6 Å². The topological polar surface area (TPSA) is 82.1 Å². The molecule has 1 fully saturated rings. The molecule has 1 rings (SSSR count). The highest BCUT2D eigenvalue weighted by Gasteiger charge is 2.30. The van der Waals surface area contributed by atoms with Gasteiger partial charge in [-0.15, -0.1) is 0 Å². The monoisotopic (exact) mass is 343 g/mol. The minimum atomic E-state index is -0.785. The van der Waals surface area contributed by atoms with E-state index in [0.29, 0.717) is 26.2 Å². The van der Waals surface area contributed by atoms with Crippen molar-refractivity contribution < 1.29 is 19.4 Å². The molecule has 0 saturated carbocycles. The second kappa shape index (κ2) is 8.16. The van der Waals surface area contributed by atoms with E-state index in [4.69, 9.17) is 9.84 Å². The number of carbonyl (C=O) groups excluding carboxylic acids is 1. The van der Waals surface area contributed by atoms with Crippen molar-refractivity contribution in [3.63, 3.8) is 0 Å². The Morgan fingerprint density at radius 2 is 1.83 bits per heavy atom. The van der Waals surface area contributed by atoms with E-state index in [-0.39, 0.29) is 24.0 Å². The molecule has 1 aliphatic heterocycles. The largest absolute Gasteiger partial charge is 0.481 e. The van der Waals surface area contributed by atoms with Gasteiger partial charge >= 0.3 is 12.1 Å². The Hall–Kier alpha value is -1.34. The number of hydrogen-bond acceptors (Lipinski definition) is 5. The van der Waals surface area contributed by atoms with Gasteiger partial charge < -0.3 is 20.1 Å². The Morgan fingerprint density at radius 3 is 2.38 bits per heavy atom. The van der Waals surface area contributed by atoms with Crippen LogP contribution in [0, 0.1) is 5.41 Å². The zero-order chi connectivity index (χ0) is 18.5. The third kappa shape index (κ3) is 7.49. The number of amides is 1. The second-order valence-corrected chi connectivity index (χ2v) is 8.43. The predicted octanol–water partition coefficient (Wildman–Crippen LogP) is 1.63. The highest BCUT2D eigenvalue weighted by Crippen LogP contribution is 2.19. The number of hydrogen-bond donors (Lipinski definition) is 2. The first-order chi connectivity index (χ1) is 10.9. The van der Waals surface area contributed by atoms with Crippen LogP contribution < -0.4 is 5.32 Å². The van der Waals surface area contributed by atoms with Gasteiger partial charge in [-0.1, -0.05) is 13.8 Å². The standard InChI is InChI=1S/C17H33N3O4/c1-16(2,3)24-15(23)20-8-7-19(6)13(11-20)10-18-12-17(4,5)9-14(21)22/h13,18H,7-12H2,1-6H3,(H,21,22)/t13-/m1/s1. The summed E-state index contributed by atoms with van der Waals surface area (Å²) in [7, 11) is 2.04. The van der Waals surface area contributed by atoms with Gasteiger partial charge in [0.25, 0.3) is 0 Å². The van der Waals surface area contributed by atoms with Crippen molar-refractivity contribution in [1.82, 2.24) is 15.1 Å². The second-order valence-electron chi connectivity index (χ2n) is 8.43. The van der Waals surface area contributed by atoms with Gasteiger partial charge in [0.15, 0.2) is 0 Å². The molecule has 0 unspecified atom stereocenters. The molecule has 0 aromatic rings. The quantitative estimate of drug-likeness (QED) is 0.763. The summed E-state index contributed by atoms with van der Waals surface area (Å²) < 4.78 is 5.45. The number of carboxylic acids is 1. The van der Waals surface area contributed by atoms with E-state index in [1.54, 1.807) is 4.90 Å². The predicted molar refractivity (Wildman–Crippen MR) is 93.1 cm³/mol. The molecule has 1 aliphatic rings. The smallest absolute Gasteiger partial charge is 0.410 e. The Bertz CT molecular complexity index is 446. The lowest BCUT2D eigenvalue weighted by atomic mass is 9.89. The van der Waals surface area contributed by atoms with E-state index in [0.717, 1.165) is 6.54 Å². The van der Waals surface area contributed by atoms with Crippen LogP contribution in [0.4, 0.5) is 4.79 Å². The van der Waals surface area contributed by atoms with Crippen molar-refractivity contribution in [1.29, 1.82) is 0 Å². The fraction of sp³-hybridized carbons (Fsp3) is 0.882. The molecule has 1 saturated heterocycles. The summed E-state index contributed by atoms with van der Waals surface area (Å²) in [5.41, 5.74) is -0.793. The molecule has 24 heavy (non-hydrogen) atoms. The lowest BCUT2D eigenvalue weighted by Crippen LogP contribution is -2.57. The molecule has 0 aliphatic carbocycles. The summed E-state index contributed by atoms with van der Waals surface area (Å²) in [5, 5.41) is 12.3. The molecular formula is C17H33N3O4. The first-order valence-electron chi connectivity index (χ1n) is 8.50. The minimum Gasteiger partial charge on any atom is -0.481 e. The SMILES string of the molecule is CN1CCN(C(=O)OC(C)(C)C)C[C@H]1CNCC(C)(C)CC(=O)O. The summed E-state index contributed by atoms with van der Waals surface area (Å²) in [6, 6.07) is 0.187. The number of carbonyl (C=O) groups is 2. The molecule has 0 aromatic carbocycles. The van der Waals surface area contributed by atoms with Crippen LogP contribution in [-0.4, -0.2) is 78.4 Å². The Morgan fingerprint density at radius 1 is 1.21 bits per heavy atom. The summed E-state index contributed by atoms with van der Waals surface area (Å²) in [6.07, 6.45) is -0.142. The lowest BCUT2D eigenvalue weighted by Gasteiger charge is -2.40. The fourth-order valence-corrected chi connectivity index (χ4v) is 2.71. The summed E-state index contributed by atoms with van der Waals surface area (Å²) >= 11 is 0. The number of carboxylic acid groups (broad SMARTS) is 1. The maximum atomic E-state index is 12.2. The third-order valence-corrected chi connectivity index (χ3v) is 4.04. The van der Waals surface area contributed by atoms with E-state index in [1.165, 1.54) is 0 Å². The number of aliphatic carboxylic acids is 1. The highest BCUT2D eigenvalue weighted by atomic mass is 16.6. The van der Waals surface area contributed by atoms with Crippen molar-refractivity contribution >= 4 is 12.1 Å². The molecular weight excluding hydrogens is 310 g/mol. The summed E-state index contributed by atoms with van der Waals surface area (Å²) in [6.45, 7) is 12.9. The average Bonchev–Trinajstić information content (AvgIpc) is 2.37. The number of rotatable bonds is 6. The fourth-order valence-electron chi connectivity index (χ4n) is 2.71. The maximum absolute atomic E-state index is 12.2. The molecule has 1 atom stereocenters. The van der Waals surface area contributed by atoms with Gasteiger partial charge in [0, 0.05) is 38.8 Å². The first kappa shape index (κ1) is 20.7. The van der Waals surface area contributed by atoms with Crippen LogP contribution in [0.25, 0.3) is 0 Å². The van der Waals surface area contributed by atoms with Gasteiger partial charge in [0.2, 0.25) is 0 Å². The van der Waals surface area contributed by atoms with E-state index >= 15 is 0 Å². The third-order valence-electron chi connectivity index (χ3n) is 4.04. The van der Waals surface area contributed by atoms with Crippen molar-refractivity contribution in [3.05, 3.63) is 0 Å². The Labute approximate surface area is 145 Å². The van der Waals surface area contributed by atoms with E-state index in [1.807, 2.05) is 41.7 Å². The molecule has 0 aromatic heterocycles. The molecule has 0 bridgehead atoms. The normalized spacial score (nSPS) is 20.1. The molecule has 0 spiro atoms. The molecule has 1 amide bonds. The average molecular weight is 343 g/mol. The van der Waals surface area contributed by atoms with Crippen LogP contribution >= 0.6 is 0 Å². The van der Waals surface area contributed by atoms with Crippen molar-refractivity contribution in [2.24, 2.45) is 5.41 Å². The van der Waals surface area contributed by atoms with Crippen molar-refractivity contribution in [3.8, 4) is 0 Å². The van der Waals surface area contributed by atoms with Gasteiger partial charge in [-0.25, -0.2) is 4.79 Å². The van der Waals surface area contributed by atoms with Crippen LogP contribution in [0.3, 0.4) is 0 Å². The first-order valence-corrected chi connectivity index (χ1v) is 8.50. The van der Waals surface area contributed by atoms with Crippen molar-refractivity contribution in [2.75, 3.05) is 39.8 Å². The Balaban J connectivity index is 2.49. The van der Waals surface area contributed by atoms with E-state index in [9.17, 15) is 9.59 Å². The van der Waals surface area contributed by atoms with Crippen LogP contribution in [0.1, 0.15) is 41.0 Å². The molecule has 7 heteroatoms. The molecule has 1 heterocycles. The van der Waals surface area contributed by atoms with Gasteiger partial charge in [-0.05, 0) is 33.2 Å². The highest BCUT2D eigenvalue weighted by molar-refractivity contribution is 5.68.